The van der Waals surface area contributed by atoms with Gasteiger partial charge in [-0.15, -0.1) is 0 Å². The molecule has 1 saturated heterocycles. The summed E-state index contributed by atoms with van der Waals surface area (Å²) in [7, 11) is 1.70. The maximum atomic E-state index is 12.7. The van der Waals surface area contributed by atoms with Gasteiger partial charge in [0, 0.05) is 12.1 Å². The standard InChI is InChI=1S/C20H31N3O2/c1-25-18-10-4-3-9-16(18)17(23-13-7-8-14-23)15-22-19(24)20(21)11-5-2-6-12-20/h3-4,9-10,17H,2,5-8,11-15,21H2,1H3,(H,22,24). The first-order valence-electron chi connectivity index (χ1n) is 9.58. The van der Waals surface area contributed by atoms with E-state index in [-0.39, 0.29) is 11.9 Å². The van der Waals surface area contributed by atoms with E-state index >= 15 is 0 Å². The topological polar surface area (TPSA) is 67.6 Å². The minimum Gasteiger partial charge on any atom is -0.496 e. The number of hydrogen-bond acceptors (Lipinski definition) is 4. The molecule has 5 nitrogen and oxygen atoms in total. The van der Waals surface area contributed by atoms with Crippen LogP contribution in [0.4, 0.5) is 0 Å². The number of ether oxygens (including phenoxy) is 1. The van der Waals surface area contributed by atoms with Crippen molar-refractivity contribution in [2.75, 3.05) is 26.7 Å². The van der Waals surface area contributed by atoms with Gasteiger partial charge in [-0.2, -0.15) is 0 Å². The molecular formula is C20H31N3O2. The summed E-state index contributed by atoms with van der Waals surface area (Å²) in [5, 5.41) is 3.16. The first-order valence-corrected chi connectivity index (χ1v) is 9.58. The van der Waals surface area contributed by atoms with Crippen LogP contribution in [0.1, 0.15) is 56.6 Å². The van der Waals surface area contributed by atoms with E-state index in [1.807, 2.05) is 18.2 Å². The lowest BCUT2D eigenvalue weighted by Crippen LogP contribution is -2.56. The molecule has 1 aromatic rings. The summed E-state index contributed by atoms with van der Waals surface area (Å²) < 4.78 is 5.56. The van der Waals surface area contributed by atoms with Crippen LogP contribution in [0, 0.1) is 0 Å². The number of carbonyl (C=O) groups excluding carboxylic acids is 1. The second kappa shape index (κ2) is 8.19. The zero-order chi connectivity index (χ0) is 17.7. The Labute approximate surface area is 150 Å². The fraction of sp³-hybridized carbons (Fsp3) is 0.650. The summed E-state index contributed by atoms with van der Waals surface area (Å²) >= 11 is 0. The van der Waals surface area contributed by atoms with E-state index in [0.29, 0.717) is 6.54 Å². The smallest absolute Gasteiger partial charge is 0.240 e. The molecule has 0 radical (unpaired) electrons. The number of nitrogens with two attached hydrogens (primary N) is 1. The van der Waals surface area contributed by atoms with E-state index in [1.54, 1.807) is 7.11 Å². The third-order valence-corrected chi connectivity index (χ3v) is 5.73. The SMILES string of the molecule is COc1ccccc1C(CNC(=O)C1(N)CCCCC1)N1CCCC1. The summed E-state index contributed by atoms with van der Waals surface area (Å²) in [6.45, 7) is 2.71. The van der Waals surface area contributed by atoms with E-state index in [0.717, 1.165) is 50.1 Å². The number of benzene rings is 1. The van der Waals surface area contributed by atoms with Crippen molar-refractivity contribution in [3.8, 4) is 5.75 Å². The Hall–Kier alpha value is -1.59. The van der Waals surface area contributed by atoms with Crippen molar-refractivity contribution >= 4 is 5.91 Å². The normalized spacial score (nSPS) is 21.7. The highest BCUT2D eigenvalue weighted by atomic mass is 16.5. The van der Waals surface area contributed by atoms with Gasteiger partial charge < -0.3 is 15.8 Å². The van der Waals surface area contributed by atoms with Crippen molar-refractivity contribution in [1.29, 1.82) is 0 Å². The Morgan fingerprint density at radius 2 is 1.88 bits per heavy atom. The third kappa shape index (κ3) is 4.15. The highest BCUT2D eigenvalue weighted by Gasteiger charge is 2.36. The second-order valence-electron chi connectivity index (χ2n) is 7.43. The lowest BCUT2D eigenvalue weighted by molar-refractivity contribution is -0.127. The fourth-order valence-electron chi connectivity index (χ4n) is 4.21. The van der Waals surface area contributed by atoms with E-state index in [4.69, 9.17) is 10.5 Å². The Balaban J connectivity index is 1.73. The molecule has 0 bridgehead atoms. The van der Waals surface area contributed by atoms with Crippen LogP contribution >= 0.6 is 0 Å². The molecule has 1 unspecified atom stereocenters. The van der Waals surface area contributed by atoms with Crippen molar-refractivity contribution in [2.45, 2.75) is 56.5 Å². The predicted octanol–water partition coefficient (Wildman–Crippen LogP) is 2.61. The number of carbonyl (C=O) groups is 1. The van der Waals surface area contributed by atoms with Gasteiger partial charge in [0.25, 0.3) is 0 Å². The molecule has 2 aliphatic rings. The molecule has 25 heavy (non-hydrogen) atoms. The first kappa shape index (κ1) is 18.2. The molecule has 5 heteroatoms. The monoisotopic (exact) mass is 345 g/mol. The second-order valence-corrected chi connectivity index (χ2v) is 7.43. The van der Waals surface area contributed by atoms with Crippen LogP contribution in [0.3, 0.4) is 0 Å². The zero-order valence-corrected chi connectivity index (χ0v) is 15.3. The highest BCUT2D eigenvalue weighted by molar-refractivity contribution is 5.86. The van der Waals surface area contributed by atoms with Gasteiger partial charge in [0.2, 0.25) is 5.91 Å². The third-order valence-electron chi connectivity index (χ3n) is 5.73. The molecule has 138 valence electrons. The van der Waals surface area contributed by atoms with E-state index in [1.165, 1.54) is 19.3 Å². The van der Waals surface area contributed by atoms with E-state index in [9.17, 15) is 4.79 Å². The molecule has 0 aromatic heterocycles. The van der Waals surface area contributed by atoms with Crippen LogP contribution in [0.2, 0.25) is 0 Å². The maximum Gasteiger partial charge on any atom is 0.240 e. The quantitative estimate of drug-likeness (QED) is 0.832. The van der Waals surface area contributed by atoms with Gasteiger partial charge in [0.15, 0.2) is 0 Å². The van der Waals surface area contributed by atoms with Gasteiger partial charge in [-0.3, -0.25) is 9.69 Å². The molecule has 3 N–H and O–H groups in total. The molecule has 2 fully saturated rings. The number of nitrogens with zero attached hydrogens (tertiary/aromatic N) is 1. The average molecular weight is 345 g/mol. The van der Waals surface area contributed by atoms with Crippen LogP contribution in [-0.2, 0) is 4.79 Å². The number of hydrogen-bond donors (Lipinski definition) is 2. The highest BCUT2D eigenvalue weighted by Crippen LogP contribution is 2.32. The van der Waals surface area contributed by atoms with Gasteiger partial charge in [-0.25, -0.2) is 0 Å². The van der Waals surface area contributed by atoms with Crippen LogP contribution < -0.4 is 15.8 Å². The Morgan fingerprint density at radius 3 is 2.56 bits per heavy atom. The van der Waals surface area contributed by atoms with E-state index in [2.05, 4.69) is 16.3 Å². The maximum absolute atomic E-state index is 12.7. The van der Waals surface area contributed by atoms with Gasteiger partial charge >= 0.3 is 0 Å². The van der Waals surface area contributed by atoms with Crippen LogP contribution in [-0.4, -0.2) is 43.1 Å². The van der Waals surface area contributed by atoms with Crippen LogP contribution in [0.5, 0.6) is 5.75 Å². The summed E-state index contributed by atoms with van der Waals surface area (Å²) in [6.07, 6.45) is 7.28. The molecule has 1 atom stereocenters. The van der Waals surface area contributed by atoms with Crippen molar-refractivity contribution in [2.24, 2.45) is 5.73 Å². The summed E-state index contributed by atoms with van der Waals surface area (Å²) in [5.41, 5.74) is 6.84. The molecular weight excluding hydrogens is 314 g/mol. The van der Waals surface area contributed by atoms with Crippen LogP contribution in [0.25, 0.3) is 0 Å². The fourth-order valence-corrected chi connectivity index (χ4v) is 4.21. The molecule has 1 aromatic carbocycles. The molecule has 1 heterocycles. The predicted molar refractivity (Wildman–Crippen MR) is 99.6 cm³/mol. The van der Waals surface area contributed by atoms with Crippen molar-refractivity contribution in [3.05, 3.63) is 29.8 Å². The Kier molecular flexibility index (Phi) is 5.97. The van der Waals surface area contributed by atoms with Crippen molar-refractivity contribution in [3.63, 3.8) is 0 Å². The van der Waals surface area contributed by atoms with Crippen molar-refractivity contribution < 1.29 is 9.53 Å². The summed E-state index contributed by atoms with van der Waals surface area (Å²) in [4.78, 5) is 15.2. The van der Waals surface area contributed by atoms with Gasteiger partial charge in [-0.1, -0.05) is 37.5 Å². The Bertz CT molecular complexity index is 578. The van der Waals surface area contributed by atoms with Gasteiger partial charge in [-0.05, 0) is 44.8 Å². The van der Waals surface area contributed by atoms with Gasteiger partial charge in [0.05, 0.1) is 18.7 Å². The number of amides is 1. The summed E-state index contributed by atoms with van der Waals surface area (Å²) in [6, 6.07) is 8.25. The van der Waals surface area contributed by atoms with Crippen molar-refractivity contribution in [1.82, 2.24) is 10.2 Å². The minimum absolute atomic E-state index is 0.00583. The lowest BCUT2D eigenvalue weighted by Gasteiger charge is -2.34. The molecule has 1 aliphatic heterocycles. The van der Waals surface area contributed by atoms with E-state index < -0.39 is 5.54 Å². The minimum atomic E-state index is -0.686. The van der Waals surface area contributed by atoms with Crippen LogP contribution in [0.15, 0.2) is 24.3 Å². The number of methoxy groups -OCH3 is 1. The molecule has 3 rings (SSSR count). The lowest BCUT2D eigenvalue weighted by atomic mass is 9.82. The number of nitrogens with one attached hydrogen (secondary N) is 1. The molecule has 0 spiro atoms. The Morgan fingerprint density at radius 1 is 1.20 bits per heavy atom. The zero-order valence-electron chi connectivity index (χ0n) is 15.3. The van der Waals surface area contributed by atoms with Gasteiger partial charge in [0.1, 0.15) is 5.75 Å². The molecule has 1 saturated carbocycles. The number of para-hydroxylation sites is 1. The molecule has 1 aliphatic carbocycles. The average Bonchev–Trinajstić information content (AvgIpc) is 3.17. The largest absolute Gasteiger partial charge is 0.496 e. The summed E-state index contributed by atoms with van der Waals surface area (Å²) in [5.74, 6) is 0.889. The first-order chi connectivity index (χ1) is 12.1. The number of rotatable bonds is 6. The molecule has 1 amide bonds. The number of likely N-dealkylation sites (tertiary alicyclic amines) is 1.